The topological polar surface area (TPSA) is 66.9 Å². The van der Waals surface area contributed by atoms with E-state index in [-0.39, 0.29) is 11.6 Å². The molecular weight excluding hydrogens is 521 g/mol. The molecule has 3 aromatic rings. The Morgan fingerprint density at radius 3 is 2.73 bits per heavy atom. The molecule has 10 heteroatoms. The first-order valence-corrected chi connectivity index (χ1v) is 13.5. The first-order valence-electron chi connectivity index (χ1n) is 13.5. The van der Waals surface area contributed by atoms with Gasteiger partial charge in [-0.3, -0.25) is 14.7 Å². The zero-order valence-electron chi connectivity index (χ0n) is 22.4. The highest BCUT2D eigenvalue weighted by atomic mass is 19.4. The van der Waals surface area contributed by atoms with Gasteiger partial charge in [-0.05, 0) is 54.8 Å². The van der Waals surface area contributed by atoms with Crippen LogP contribution in [0.15, 0.2) is 60.9 Å². The van der Waals surface area contributed by atoms with Gasteiger partial charge in [0.15, 0.2) is 0 Å². The second-order valence-corrected chi connectivity index (χ2v) is 10.2. The summed E-state index contributed by atoms with van der Waals surface area (Å²) in [6.07, 6.45) is -0.00610. The molecule has 2 aliphatic rings. The average molecular weight is 555 g/mol. The van der Waals surface area contributed by atoms with Crippen LogP contribution < -0.4 is 15.0 Å². The van der Waals surface area contributed by atoms with Crippen LogP contribution >= 0.6 is 0 Å². The van der Waals surface area contributed by atoms with E-state index in [0.29, 0.717) is 12.2 Å². The van der Waals surface area contributed by atoms with Gasteiger partial charge in [-0.1, -0.05) is 12.1 Å². The molecule has 2 saturated heterocycles. The lowest BCUT2D eigenvalue weighted by Gasteiger charge is -2.26. The maximum absolute atomic E-state index is 13.1. The fourth-order valence-corrected chi connectivity index (χ4v) is 5.22. The number of aryl methyl sites for hydroxylation is 1. The number of amides is 1. The minimum absolute atomic E-state index is 0.105. The predicted molar refractivity (Wildman–Crippen MR) is 147 cm³/mol. The summed E-state index contributed by atoms with van der Waals surface area (Å²) >= 11 is 0. The molecule has 0 aliphatic carbocycles. The van der Waals surface area contributed by atoms with Crippen LogP contribution in [0.5, 0.6) is 5.75 Å². The van der Waals surface area contributed by atoms with Crippen molar-refractivity contribution >= 4 is 17.3 Å². The van der Waals surface area contributed by atoms with Gasteiger partial charge in [0.25, 0.3) is 5.91 Å². The molecule has 1 aromatic heterocycles. The van der Waals surface area contributed by atoms with Crippen molar-refractivity contribution in [1.82, 2.24) is 9.88 Å². The predicted octanol–water partition coefficient (Wildman–Crippen LogP) is 5.37. The van der Waals surface area contributed by atoms with E-state index < -0.39 is 17.6 Å². The van der Waals surface area contributed by atoms with Gasteiger partial charge in [0, 0.05) is 56.0 Å². The van der Waals surface area contributed by atoms with Crippen molar-refractivity contribution < 1.29 is 27.4 Å². The van der Waals surface area contributed by atoms with Gasteiger partial charge < -0.3 is 19.7 Å². The Labute approximate surface area is 231 Å². The molecular formula is C30H33F3N4O3. The number of benzene rings is 2. The molecule has 1 atom stereocenters. The number of aromatic nitrogens is 1. The summed E-state index contributed by atoms with van der Waals surface area (Å²) < 4.78 is 50.6. The normalized spacial score (nSPS) is 18.1. The number of rotatable bonds is 8. The van der Waals surface area contributed by atoms with Crippen molar-refractivity contribution in [2.45, 2.75) is 25.4 Å². The molecule has 0 radical (unpaired) electrons. The number of carbonyl (C=O) groups excluding carboxylic acids is 1. The number of pyridine rings is 1. The third-order valence-corrected chi connectivity index (χ3v) is 7.46. The fourth-order valence-electron chi connectivity index (χ4n) is 5.22. The molecule has 7 nitrogen and oxygen atoms in total. The monoisotopic (exact) mass is 554 g/mol. The van der Waals surface area contributed by atoms with Gasteiger partial charge in [-0.2, -0.15) is 13.2 Å². The van der Waals surface area contributed by atoms with E-state index in [9.17, 15) is 18.0 Å². The van der Waals surface area contributed by atoms with Gasteiger partial charge in [0.05, 0.1) is 36.9 Å². The van der Waals surface area contributed by atoms with Crippen molar-refractivity contribution in [2.24, 2.45) is 0 Å². The van der Waals surface area contributed by atoms with E-state index in [0.717, 1.165) is 87.1 Å². The van der Waals surface area contributed by atoms with Gasteiger partial charge >= 0.3 is 6.18 Å². The van der Waals surface area contributed by atoms with E-state index in [1.165, 1.54) is 12.1 Å². The second-order valence-electron chi connectivity index (χ2n) is 10.2. The summed E-state index contributed by atoms with van der Waals surface area (Å²) in [4.78, 5) is 21.9. The van der Waals surface area contributed by atoms with Crippen LogP contribution in [0.1, 0.15) is 39.4 Å². The van der Waals surface area contributed by atoms with E-state index in [4.69, 9.17) is 9.47 Å². The second kappa shape index (κ2) is 12.3. The summed E-state index contributed by atoms with van der Waals surface area (Å²) in [7, 11) is 0. The molecule has 5 rings (SSSR count). The minimum atomic E-state index is -4.48. The van der Waals surface area contributed by atoms with Crippen molar-refractivity contribution in [1.29, 1.82) is 0 Å². The number of hydrogen-bond acceptors (Lipinski definition) is 6. The summed E-state index contributed by atoms with van der Waals surface area (Å²) in [5.41, 5.74) is 2.83. The molecule has 1 N–H and O–H groups in total. The third kappa shape index (κ3) is 6.92. The third-order valence-electron chi connectivity index (χ3n) is 7.46. The number of hydrogen-bond donors (Lipinski definition) is 1. The lowest BCUT2D eigenvalue weighted by molar-refractivity contribution is -0.137. The Balaban J connectivity index is 1.21. The van der Waals surface area contributed by atoms with Crippen LogP contribution in [-0.4, -0.2) is 68.3 Å². The van der Waals surface area contributed by atoms with Gasteiger partial charge in [0.2, 0.25) is 0 Å². The van der Waals surface area contributed by atoms with Crippen molar-refractivity contribution in [2.75, 3.05) is 62.8 Å². The number of carbonyl (C=O) groups is 1. The Bertz CT molecular complexity index is 1330. The largest absolute Gasteiger partial charge is 0.491 e. The maximum atomic E-state index is 13.1. The number of nitrogens with zero attached hydrogens (tertiary/aromatic N) is 3. The molecule has 2 aromatic carbocycles. The Morgan fingerprint density at radius 2 is 1.93 bits per heavy atom. The molecule has 212 valence electrons. The van der Waals surface area contributed by atoms with Crippen molar-refractivity contribution in [3.63, 3.8) is 0 Å². The molecule has 3 heterocycles. The maximum Gasteiger partial charge on any atom is 0.416 e. The lowest BCUT2D eigenvalue weighted by Crippen LogP contribution is -2.38. The van der Waals surface area contributed by atoms with Crippen LogP contribution in [0.2, 0.25) is 0 Å². The molecule has 2 fully saturated rings. The van der Waals surface area contributed by atoms with Gasteiger partial charge in [-0.15, -0.1) is 0 Å². The van der Waals surface area contributed by atoms with Crippen LogP contribution in [0, 0.1) is 6.92 Å². The van der Waals surface area contributed by atoms with Crippen LogP contribution in [-0.2, 0) is 10.9 Å². The van der Waals surface area contributed by atoms with E-state index >= 15 is 0 Å². The van der Waals surface area contributed by atoms with E-state index in [1.54, 1.807) is 12.3 Å². The first kappa shape index (κ1) is 27.9. The van der Waals surface area contributed by atoms with E-state index in [2.05, 4.69) is 20.1 Å². The molecule has 1 amide bonds. The zero-order chi connectivity index (χ0) is 28.1. The molecule has 40 heavy (non-hydrogen) atoms. The van der Waals surface area contributed by atoms with E-state index in [1.807, 2.05) is 31.3 Å². The highest BCUT2D eigenvalue weighted by Gasteiger charge is 2.31. The Hall–Kier alpha value is -3.63. The highest BCUT2D eigenvalue weighted by Crippen LogP contribution is 2.34. The number of halogens is 3. The number of morpholine rings is 1. The summed E-state index contributed by atoms with van der Waals surface area (Å²) in [6.45, 7) is 8.40. The quantitative estimate of drug-likeness (QED) is 0.404. The molecule has 0 saturated carbocycles. The molecule has 2 aliphatic heterocycles. The summed E-state index contributed by atoms with van der Waals surface area (Å²) in [5.74, 6) is 0.493. The molecule has 1 unspecified atom stereocenters. The lowest BCUT2D eigenvalue weighted by atomic mass is 9.92. The molecule has 0 bridgehead atoms. The minimum Gasteiger partial charge on any atom is -0.491 e. The van der Waals surface area contributed by atoms with Gasteiger partial charge in [-0.25, -0.2) is 0 Å². The summed E-state index contributed by atoms with van der Waals surface area (Å²) in [6, 6.07) is 12.1. The van der Waals surface area contributed by atoms with Crippen LogP contribution in [0.25, 0.3) is 0 Å². The SMILES string of the molecule is Cc1ccc(C(=O)Nc2cccc(C(F)(F)F)c2)cc1C1CCN(c2cncc(OCCN3CCOCC3)c2)C1. The Kier molecular flexibility index (Phi) is 8.56. The van der Waals surface area contributed by atoms with Crippen molar-refractivity contribution in [3.8, 4) is 5.75 Å². The highest BCUT2D eigenvalue weighted by molar-refractivity contribution is 6.04. The number of nitrogens with one attached hydrogen (secondary N) is 1. The zero-order valence-corrected chi connectivity index (χ0v) is 22.4. The smallest absolute Gasteiger partial charge is 0.416 e. The summed E-state index contributed by atoms with van der Waals surface area (Å²) in [5, 5.41) is 2.61. The van der Waals surface area contributed by atoms with Gasteiger partial charge in [0.1, 0.15) is 12.4 Å². The average Bonchev–Trinajstić information content (AvgIpc) is 3.44. The Morgan fingerprint density at radius 1 is 1.10 bits per heavy atom. The first-order chi connectivity index (χ1) is 19.3. The van der Waals surface area contributed by atoms with Crippen molar-refractivity contribution in [3.05, 3.63) is 83.2 Å². The van der Waals surface area contributed by atoms with Crippen LogP contribution in [0.4, 0.5) is 24.5 Å². The number of ether oxygens (including phenoxy) is 2. The fraction of sp³-hybridized carbons (Fsp3) is 0.400. The molecule has 0 spiro atoms. The number of alkyl halides is 3. The number of anilines is 2. The standard InChI is InChI=1S/C30H33F3N4O3/c1-21-5-6-22(29(38)35-25-4-2-3-24(16-25)30(31,32)33)15-28(21)23-7-8-37(20-23)26-17-27(19-34-18-26)40-14-11-36-9-12-39-13-10-36/h2-6,15-19,23H,7-14,20H2,1H3,(H,35,38). The van der Waals surface area contributed by atoms with Crippen LogP contribution in [0.3, 0.4) is 0 Å².